The normalized spacial score (nSPS) is 26.2. The molecule has 3 N–H and O–H groups in total. The molecule has 18 nitrogen and oxygen atoms in total. The van der Waals surface area contributed by atoms with Gasteiger partial charge in [0.05, 0.1) is 48.9 Å². The Kier molecular flexibility index (Phi) is 18.7. The van der Waals surface area contributed by atoms with Gasteiger partial charge >= 0.3 is 24.1 Å². The van der Waals surface area contributed by atoms with Crippen LogP contribution in [0.1, 0.15) is 141 Å². The summed E-state index contributed by atoms with van der Waals surface area (Å²) in [5, 5.41) is 16.0. The van der Waals surface area contributed by atoms with Gasteiger partial charge in [-0.1, -0.05) is 42.5 Å². The molecular weight excluding hydrogens is 933 g/mol. The van der Waals surface area contributed by atoms with Gasteiger partial charge in [-0.2, -0.15) is 0 Å². The number of rotatable bonds is 4. The van der Waals surface area contributed by atoms with Crippen LogP contribution in [0, 0.1) is 0 Å². The van der Waals surface area contributed by atoms with Crippen molar-refractivity contribution in [2.45, 2.75) is 174 Å². The first-order valence-electron chi connectivity index (χ1n) is 24.0. The summed E-state index contributed by atoms with van der Waals surface area (Å²) >= 11 is 0. The zero-order chi connectivity index (χ0) is 53.3. The van der Waals surface area contributed by atoms with Crippen molar-refractivity contribution in [1.29, 1.82) is 0 Å². The molecule has 0 saturated carbocycles. The molecule has 4 heterocycles. The molecule has 2 fully saturated rings. The molecule has 2 saturated heterocycles. The number of benzene rings is 2. The van der Waals surface area contributed by atoms with Gasteiger partial charge in [0.15, 0.2) is 17.4 Å². The summed E-state index contributed by atoms with van der Waals surface area (Å²) in [5.41, 5.74) is 0.224. The number of hydrogen-bond acceptors (Lipinski definition) is 16. The summed E-state index contributed by atoms with van der Waals surface area (Å²) in [7, 11) is 2.98. The standard InChI is InChI=1S/C27H37NO8.C27H35NO8/c2*1-16-10-8-12-20(29)23-21(34-27(5,6)35-23)13-9-11-17-14-18(32-7)15-19(22(17)24(30)33-16)28-25(31)36-26(2,3)4/h8-9,11-12,14-16,20-21,23,29H,10,13H2,1-7H3,(H,28,31);8-9,11-12,14-16,21,23H,10,13H2,1-7H3,(H,28,31)/b2*11-9?,12-8-/t16-,20?,21-,23+;16-,21-,23+/m00/s1. The van der Waals surface area contributed by atoms with E-state index in [9.17, 15) is 29.1 Å². The van der Waals surface area contributed by atoms with E-state index in [1.165, 1.54) is 26.4 Å². The van der Waals surface area contributed by atoms with Gasteiger partial charge in [0, 0.05) is 25.0 Å². The zero-order valence-electron chi connectivity index (χ0n) is 43.9. The number of carbonyl (C=O) groups excluding carboxylic acids is 5. The average molecular weight is 1010 g/mol. The van der Waals surface area contributed by atoms with Crippen LogP contribution in [0.5, 0.6) is 11.5 Å². The number of methoxy groups -OCH3 is 2. The molecule has 0 bridgehead atoms. The number of nitrogens with one attached hydrogen (secondary N) is 2. The van der Waals surface area contributed by atoms with Gasteiger partial charge in [-0.3, -0.25) is 15.4 Å². The summed E-state index contributed by atoms with van der Waals surface area (Å²) in [4.78, 5) is 64.4. The Morgan fingerprint density at radius 2 is 1.04 bits per heavy atom. The van der Waals surface area contributed by atoms with E-state index in [0.717, 1.165) is 0 Å². The van der Waals surface area contributed by atoms with Gasteiger partial charge in [-0.25, -0.2) is 19.2 Å². The van der Waals surface area contributed by atoms with E-state index in [1.807, 2.05) is 6.08 Å². The van der Waals surface area contributed by atoms with Gasteiger partial charge < -0.3 is 52.5 Å². The van der Waals surface area contributed by atoms with E-state index < -0.39 is 89.6 Å². The number of aliphatic hydroxyl groups excluding tert-OH is 1. The van der Waals surface area contributed by atoms with Crippen LogP contribution in [0.2, 0.25) is 0 Å². The average Bonchev–Trinajstić information content (AvgIpc) is 3.74. The van der Waals surface area contributed by atoms with E-state index in [2.05, 4.69) is 10.6 Å². The lowest BCUT2D eigenvalue weighted by Gasteiger charge is -2.22. The smallest absolute Gasteiger partial charge is 0.412 e. The first-order chi connectivity index (χ1) is 33.6. The summed E-state index contributed by atoms with van der Waals surface area (Å²) in [6.45, 7) is 21.1. The zero-order valence-corrected chi connectivity index (χ0v) is 43.9. The second-order valence-corrected chi connectivity index (χ2v) is 20.7. The number of anilines is 2. The first kappa shape index (κ1) is 56.9. The minimum absolute atomic E-state index is 0.155. The Bertz CT molecular complexity index is 2420. The molecular formula is C54H72N2O16. The number of hydrogen-bond donors (Lipinski definition) is 3. The van der Waals surface area contributed by atoms with Gasteiger partial charge in [-0.15, -0.1) is 0 Å². The second kappa shape index (κ2) is 23.7. The van der Waals surface area contributed by atoms with Crippen molar-refractivity contribution in [3.05, 3.63) is 83.0 Å². The van der Waals surface area contributed by atoms with Gasteiger partial charge in [0.1, 0.15) is 53.2 Å². The minimum Gasteiger partial charge on any atom is -0.497 e. The van der Waals surface area contributed by atoms with Crippen LogP contribution in [-0.2, 0) is 42.7 Å². The Labute approximate surface area is 422 Å². The first-order valence-corrected chi connectivity index (χ1v) is 24.0. The van der Waals surface area contributed by atoms with Crippen LogP contribution in [0.25, 0.3) is 12.2 Å². The van der Waals surface area contributed by atoms with Gasteiger partial charge in [0.2, 0.25) is 0 Å². The monoisotopic (exact) mass is 1000 g/mol. The molecule has 0 aromatic heterocycles. The number of carbonyl (C=O) groups is 5. The quantitative estimate of drug-likeness (QED) is 0.147. The number of ketones is 1. The number of esters is 2. The maximum atomic E-state index is 13.3. The molecule has 6 rings (SSSR count). The molecule has 7 atom stereocenters. The molecule has 2 aromatic carbocycles. The van der Waals surface area contributed by atoms with Crippen LogP contribution in [0.3, 0.4) is 0 Å². The van der Waals surface area contributed by atoms with Crippen molar-refractivity contribution in [3.8, 4) is 11.5 Å². The van der Waals surface area contributed by atoms with Gasteiger partial charge in [-0.05, 0) is 125 Å². The lowest BCUT2D eigenvalue weighted by atomic mass is 10.0. The highest BCUT2D eigenvalue weighted by Crippen LogP contribution is 2.36. The molecule has 4 aliphatic heterocycles. The molecule has 2 amide bonds. The Balaban J connectivity index is 0.000000267. The summed E-state index contributed by atoms with van der Waals surface area (Å²) < 4.78 is 56.7. The Hall–Kier alpha value is -6.05. The predicted octanol–water partition coefficient (Wildman–Crippen LogP) is 9.87. The number of ether oxygens (including phenoxy) is 10. The third-order valence-corrected chi connectivity index (χ3v) is 11.0. The highest BCUT2D eigenvalue weighted by atomic mass is 16.8. The summed E-state index contributed by atoms with van der Waals surface area (Å²) in [6.07, 6.45) is 9.45. The fourth-order valence-corrected chi connectivity index (χ4v) is 8.06. The highest BCUT2D eigenvalue weighted by molar-refractivity contribution is 6.04. The lowest BCUT2D eigenvalue weighted by Crippen LogP contribution is -2.34. The number of fused-ring (bicyclic) bond motifs is 4. The number of cyclic esters (lactones) is 2. The summed E-state index contributed by atoms with van der Waals surface area (Å²) in [5.74, 6) is -2.34. The predicted molar refractivity (Wildman–Crippen MR) is 269 cm³/mol. The van der Waals surface area contributed by atoms with E-state index in [-0.39, 0.29) is 28.3 Å². The molecule has 1 unspecified atom stereocenters. The second-order valence-electron chi connectivity index (χ2n) is 20.7. The van der Waals surface area contributed by atoms with Gasteiger partial charge in [0.25, 0.3) is 0 Å². The van der Waals surface area contributed by atoms with E-state index in [4.69, 9.17) is 47.4 Å². The molecule has 4 aliphatic rings. The van der Waals surface area contributed by atoms with Crippen molar-refractivity contribution >= 4 is 53.4 Å². The fourth-order valence-electron chi connectivity index (χ4n) is 8.06. The SMILES string of the molecule is COc1cc2c(c(NC(=O)OC(C)(C)C)c1)C(=O)O[C@@H](C)C/C=C\C(=O)[C@H]1OC(C)(C)O[C@H]1CC=C2.COc1cc2c(c(NC(=O)OC(C)(C)C)c1)C(=O)O[C@@H](C)C/C=C\C(O)[C@H]1OC(C)(C)O[C@H]1CC=C2. The van der Waals surface area contributed by atoms with Crippen LogP contribution >= 0.6 is 0 Å². The van der Waals surface area contributed by atoms with Crippen LogP contribution in [0.15, 0.2) is 60.7 Å². The Morgan fingerprint density at radius 1 is 0.611 bits per heavy atom. The van der Waals surface area contributed by atoms with E-state index >= 15 is 0 Å². The minimum atomic E-state index is -0.904. The van der Waals surface area contributed by atoms with Crippen molar-refractivity contribution in [2.75, 3.05) is 24.9 Å². The fraction of sp³-hybridized carbons (Fsp3) is 0.537. The van der Waals surface area contributed by atoms with E-state index in [1.54, 1.807) is 138 Å². The molecule has 0 radical (unpaired) electrons. The lowest BCUT2D eigenvalue weighted by molar-refractivity contribution is -0.152. The van der Waals surface area contributed by atoms with Crippen molar-refractivity contribution < 1.29 is 76.4 Å². The molecule has 0 spiro atoms. The van der Waals surface area contributed by atoms with Crippen LogP contribution < -0.4 is 20.1 Å². The Morgan fingerprint density at radius 3 is 1.51 bits per heavy atom. The topological polar surface area (TPSA) is 222 Å². The number of amides is 2. The molecule has 72 heavy (non-hydrogen) atoms. The highest BCUT2D eigenvalue weighted by Gasteiger charge is 2.45. The third kappa shape index (κ3) is 16.5. The van der Waals surface area contributed by atoms with Crippen molar-refractivity contribution in [2.24, 2.45) is 0 Å². The van der Waals surface area contributed by atoms with Crippen LogP contribution in [0.4, 0.5) is 21.0 Å². The maximum absolute atomic E-state index is 13.3. The largest absolute Gasteiger partial charge is 0.497 e. The van der Waals surface area contributed by atoms with Crippen LogP contribution in [-0.4, -0.2) is 115 Å². The molecule has 2 aromatic rings. The van der Waals surface area contributed by atoms with E-state index in [0.29, 0.717) is 48.3 Å². The maximum Gasteiger partial charge on any atom is 0.412 e. The molecule has 18 heteroatoms. The molecule has 394 valence electrons. The molecule has 0 aliphatic carbocycles. The summed E-state index contributed by atoms with van der Waals surface area (Å²) in [6, 6.07) is 6.44. The third-order valence-electron chi connectivity index (χ3n) is 11.0. The van der Waals surface area contributed by atoms with Crippen molar-refractivity contribution in [1.82, 2.24) is 0 Å². The van der Waals surface area contributed by atoms with Crippen molar-refractivity contribution in [3.63, 3.8) is 0 Å². The number of aliphatic hydroxyl groups is 1.